The quantitative estimate of drug-likeness (QED) is 0.512. The molecule has 0 spiro atoms. The number of amides is 1. The minimum atomic E-state index is -0.488. The topological polar surface area (TPSA) is 136 Å². The van der Waals surface area contributed by atoms with Gasteiger partial charge in [-0.1, -0.05) is 12.1 Å². The third-order valence-electron chi connectivity index (χ3n) is 3.45. The number of H-pyrrole nitrogens is 1. The van der Waals surface area contributed by atoms with Crippen LogP contribution in [0.25, 0.3) is 22.1 Å². The highest BCUT2D eigenvalue weighted by atomic mass is 16.4. The fourth-order valence-corrected chi connectivity index (χ4v) is 2.34. The van der Waals surface area contributed by atoms with Crippen LogP contribution in [0.3, 0.4) is 0 Å². The molecule has 4 rings (SSSR count). The van der Waals surface area contributed by atoms with Crippen LogP contribution in [0.1, 0.15) is 16.1 Å². The van der Waals surface area contributed by atoms with Crippen molar-refractivity contribution in [3.8, 4) is 0 Å². The summed E-state index contributed by atoms with van der Waals surface area (Å²) in [5.41, 5.74) is 8.49. The molecule has 0 aliphatic rings. The third-order valence-corrected chi connectivity index (χ3v) is 3.45. The number of anilines is 2. The lowest BCUT2D eigenvalue weighted by Crippen LogP contribution is -2.13. The van der Waals surface area contributed by atoms with Gasteiger partial charge in [-0.2, -0.15) is 10.1 Å². The van der Waals surface area contributed by atoms with Crippen molar-refractivity contribution < 1.29 is 9.21 Å². The van der Waals surface area contributed by atoms with E-state index in [1.54, 1.807) is 6.07 Å². The zero-order valence-corrected chi connectivity index (χ0v) is 12.0. The highest BCUT2D eigenvalue weighted by Crippen LogP contribution is 2.23. The minimum Gasteiger partial charge on any atom is -0.423 e. The minimum absolute atomic E-state index is 0.0949. The Balaban J connectivity index is 1.72. The maximum atomic E-state index is 12.4. The second-order valence-corrected chi connectivity index (χ2v) is 4.95. The van der Waals surface area contributed by atoms with Gasteiger partial charge in [0, 0.05) is 0 Å². The van der Waals surface area contributed by atoms with Crippen molar-refractivity contribution in [1.29, 1.82) is 0 Å². The number of carbonyl (C=O) groups excluding carboxylic acids is 1. The average molecular weight is 309 g/mol. The van der Waals surface area contributed by atoms with Crippen molar-refractivity contribution in [2.75, 3.05) is 11.1 Å². The van der Waals surface area contributed by atoms with Gasteiger partial charge < -0.3 is 10.2 Å². The van der Waals surface area contributed by atoms with Gasteiger partial charge in [-0.25, -0.2) is 9.97 Å². The van der Waals surface area contributed by atoms with Crippen LogP contribution in [-0.2, 0) is 0 Å². The molecule has 9 heteroatoms. The molecule has 1 amide bonds. The van der Waals surface area contributed by atoms with Crippen molar-refractivity contribution in [3.05, 3.63) is 35.8 Å². The predicted molar refractivity (Wildman–Crippen MR) is 82.8 cm³/mol. The maximum Gasteiger partial charge on any atom is 0.302 e. The van der Waals surface area contributed by atoms with E-state index in [4.69, 9.17) is 10.2 Å². The normalized spacial score (nSPS) is 11.2. The molecule has 114 valence electrons. The van der Waals surface area contributed by atoms with Gasteiger partial charge >= 0.3 is 6.01 Å². The van der Waals surface area contributed by atoms with Crippen LogP contribution >= 0.6 is 0 Å². The Labute approximate surface area is 128 Å². The predicted octanol–water partition coefficient (Wildman–Crippen LogP) is 1.64. The number of nitrogens with one attached hydrogen (secondary N) is 2. The number of oxazole rings is 1. The number of aromatic nitrogens is 5. The third kappa shape index (κ3) is 2.06. The Bertz CT molecular complexity index is 1050. The molecule has 0 bridgehead atoms. The number of rotatable bonds is 2. The molecular weight excluding hydrogens is 298 g/mol. The van der Waals surface area contributed by atoms with Gasteiger partial charge in [-0.15, -0.1) is 0 Å². The molecule has 9 nitrogen and oxygen atoms in total. The molecule has 0 atom stereocenters. The Morgan fingerprint density at radius 3 is 3.04 bits per heavy atom. The summed E-state index contributed by atoms with van der Waals surface area (Å²) in [5, 5.41) is 9.48. The van der Waals surface area contributed by atoms with Crippen LogP contribution in [0.15, 0.2) is 28.9 Å². The molecule has 23 heavy (non-hydrogen) atoms. The van der Waals surface area contributed by atoms with Crippen molar-refractivity contribution in [2.45, 2.75) is 6.92 Å². The van der Waals surface area contributed by atoms with Crippen molar-refractivity contribution in [1.82, 2.24) is 25.1 Å². The molecule has 0 saturated heterocycles. The van der Waals surface area contributed by atoms with E-state index in [0.717, 1.165) is 5.56 Å². The molecule has 0 fully saturated rings. The summed E-state index contributed by atoms with van der Waals surface area (Å²) in [6.45, 7) is 1.91. The largest absolute Gasteiger partial charge is 0.423 e. The number of hydrogen-bond acceptors (Lipinski definition) is 7. The van der Waals surface area contributed by atoms with Gasteiger partial charge in [-0.3, -0.25) is 15.2 Å². The van der Waals surface area contributed by atoms with Crippen LogP contribution in [-0.4, -0.2) is 31.1 Å². The van der Waals surface area contributed by atoms with E-state index >= 15 is 0 Å². The SMILES string of the molecule is Cc1cccc2oc(NC(=O)c3[nH]nc4ncnc(N)c34)nc12. The number of aromatic amines is 1. The molecule has 0 unspecified atom stereocenters. The zero-order chi connectivity index (χ0) is 16.0. The summed E-state index contributed by atoms with van der Waals surface area (Å²) in [6, 6.07) is 5.64. The number of hydrogen-bond donors (Lipinski definition) is 3. The first-order valence-electron chi connectivity index (χ1n) is 6.75. The van der Waals surface area contributed by atoms with Gasteiger partial charge in [0.1, 0.15) is 23.4 Å². The number of fused-ring (bicyclic) bond motifs is 2. The van der Waals surface area contributed by atoms with E-state index in [1.807, 2.05) is 19.1 Å². The molecule has 4 N–H and O–H groups in total. The van der Waals surface area contributed by atoms with E-state index < -0.39 is 5.91 Å². The number of nitrogens with two attached hydrogens (primary N) is 1. The average Bonchev–Trinajstić information content (AvgIpc) is 3.12. The summed E-state index contributed by atoms with van der Waals surface area (Å²) in [4.78, 5) is 24.5. The van der Waals surface area contributed by atoms with Crippen LogP contribution < -0.4 is 11.1 Å². The van der Waals surface area contributed by atoms with Crippen molar-refractivity contribution >= 4 is 39.9 Å². The van der Waals surface area contributed by atoms with Gasteiger partial charge in [0.25, 0.3) is 5.91 Å². The summed E-state index contributed by atoms with van der Waals surface area (Å²) < 4.78 is 5.52. The van der Waals surface area contributed by atoms with E-state index in [2.05, 4.69) is 30.5 Å². The van der Waals surface area contributed by atoms with Crippen LogP contribution in [0.4, 0.5) is 11.8 Å². The zero-order valence-electron chi connectivity index (χ0n) is 12.0. The van der Waals surface area contributed by atoms with Gasteiger partial charge in [0.05, 0.1) is 5.39 Å². The second-order valence-electron chi connectivity index (χ2n) is 4.95. The first kappa shape index (κ1) is 13.2. The summed E-state index contributed by atoms with van der Waals surface area (Å²) in [5.74, 6) is -0.319. The molecule has 4 aromatic rings. The number of para-hydroxylation sites is 1. The monoisotopic (exact) mass is 309 g/mol. The second kappa shape index (κ2) is 4.77. The first-order chi connectivity index (χ1) is 11.1. The molecule has 1 aromatic carbocycles. The van der Waals surface area contributed by atoms with E-state index in [9.17, 15) is 4.79 Å². The fourth-order valence-electron chi connectivity index (χ4n) is 2.34. The Morgan fingerprint density at radius 1 is 1.35 bits per heavy atom. The molecule has 0 saturated carbocycles. The van der Waals surface area contributed by atoms with E-state index in [1.165, 1.54) is 6.33 Å². The van der Waals surface area contributed by atoms with E-state index in [-0.39, 0.29) is 17.5 Å². The smallest absolute Gasteiger partial charge is 0.302 e. The molecule has 0 aliphatic carbocycles. The molecular formula is C14H11N7O2. The molecule has 3 heterocycles. The van der Waals surface area contributed by atoms with Gasteiger partial charge in [0.15, 0.2) is 11.2 Å². The highest BCUT2D eigenvalue weighted by molar-refractivity contribution is 6.12. The lowest BCUT2D eigenvalue weighted by Gasteiger charge is -1.99. The van der Waals surface area contributed by atoms with E-state index in [0.29, 0.717) is 22.1 Å². The number of aryl methyl sites for hydroxylation is 1. The van der Waals surface area contributed by atoms with Crippen molar-refractivity contribution in [2.24, 2.45) is 0 Å². The maximum absolute atomic E-state index is 12.4. The first-order valence-corrected chi connectivity index (χ1v) is 6.75. The van der Waals surface area contributed by atoms with Crippen molar-refractivity contribution in [3.63, 3.8) is 0 Å². The number of nitrogens with zero attached hydrogens (tertiary/aromatic N) is 4. The fraction of sp³-hybridized carbons (Fsp3) is 0.0714. The van der Waals surface area contributed by atoms with Crippen LogP contribution in [0.5, 0.6) is 0 Å². The summed E-state index contributed by atoms with van der Waals surface area (Å²) in [6.07, 6.45) is 1.28. The van der Waals surface area contributed by atoms with Crippen LogP contribution in [0, 0.1) is 6.92 Å². The lowest BCUT2D eigenvalue weighted by atomic mass is 10.2. The number of nitrogen functional groups attached to an aromatic ring is 1. The van der Waals surface area contributed by atoms with Gasteiger partial charge in [-0.05, 0) is 18.6 Å². The Kier molecular flexibility index (Phi) is 2.73. The Morgan fingerprint density at radius 2 is 2.22 bits per heavy atom. The molecule has 3 aromatic heterocycles. The number of benzene rings is 1. The van der Waals surface area contributed by atoms with Crippen LogP contribution in [0.2, 0.25) is 0 Å². The Hall–Kier alpha value is -3.49. The molecule has 0 radical (unpaired) electrons. The van der Waals surface area contributed by atoms with Gasteiger partial charge in [0.2, 0.25) is 0 Å². The summed E-state index contributed by atoms with van der Waals surface area (Å²) in [7, 11) is 0. The standard InChI is InChI=1S/C14H11N7O2/c1-6-3-2-4-7-9(6)18-14(23-7)19-13(22)10-8-11(15)16-5-17-12(8)21-20-10/h2-5H,1H3,(H,18,19,22)(H3,15,16,17,20,21). The highest BCUT2D eigenvalue weighted by Gasteiger charge is 2.19. The summed E-state index contributed by atoms with van der Waals surface area (Å²) >= 11 is 0. The molecule has 0 aliphatic heterocycles. The lowest BCUT2D eigenvalue weighted by molar-refractivity contribution is 0.102. The number of carbonyl (C=O) groups is 1.